The largest absolute Gasteiger partial charge is 0.462 e. The third-order valence-corrected chi connectivity index (χ3v) is 3.37. The number of rotatable bonds is 4. The summed E-state index contributed by atoms with van der Waals surface area (Å²) in [6.45, 7) is 0.357. The van der Waals surface area contributed by atoms with Crippen LogP contribution in [0, 0.1) is 11.7 Å². The van der Waals surface area contributed by atoms with Crippen molar-refractivity contribution in [3.8, 4) is 0 Å². The lowest BCUT2D eigenvalue weighted by molar-refractivity contribution is 0.0459. The minimum absolute atomic E-state index is 0.0916. The molecule has 0 amide bonds. The highest BCUT2D eigenvalue weighted by Crippen LogP contribution is 2.29. The number of carbonyl (C=O) groups excluding carboxylic acids is 1. The Hall–Kier alpha value is -1.09. The Balaban J connectivity index is 1.87. The van der Waals surface area contributed by atoms with E-state index >= 15 is 0 Å². The zero-order valence-corrected chi connectivity index (χ0v) is 10.2. The summed E-state index contributed by atoms with van der Waals surface area (Å²) < 4.78 is 18.4. The second-order valence-electron chi connectivity index (χ2n) is 4.35. The zero-order valence-electron chi connectivity index (χ0n) is 9.42. The summed E-state index contributed by atoms with van der Waals surface area (Å²) in [6, 6.07) is 3.87. The van der Waals surface area contributed by atoms with Gasteiger partial charge in [0.1, 0.15) is 5.82 Å². The van der Waals surface area contributed by atoms with Crippen molar-refractivity contribution in [2.24, 2.45) is 5.92 Å². The Labute approximate surface area is 105 Å². The van der Waals surface area contributed by atoms with Crippen LogP contribution in [-0.2, 0) is 4.74 Å². The van der Waals surface area contributed by atoms with Crippen LogP contribution in [0.25, 0.3) is 0 Å². The number of hydrogen-bond donors (Lipinski definition) is 0. The number of esters is 1. The predicted molar refractivity (Wildman–Crippen MR) is 63.7 cm³/mol. The first-order valence-corrected chi connectivity index (χ1v) is 6.17. The van der Waals surface area contributed by atoms with Crippen molar-refractivity contribution in [1.82, 2.24) is 0 Å². The predicted octanol–water partition coefficient (Wildman–Crippen LogP) is 3.83. The molecule has 0 saturated heterocycles. The average Bonchev–Trinajstić information content (AvgIpc) is 2.25. The molecule has 1 aromatic rings. The van der Waals surface area contributed by atoms with Gasteiger partial charge in [-0.05, 0) is 30.5 Å². The Kier molecular flexibility index (Phi) is 4.00. The fourth-order valence-electron chi connectivity index (χ4n) is 1.83. The van der Waals surface area contributed by atoms with Crippen LogP contribution >= 0.6 is 11.6 Å². The summed E-state index contributed by atoms with van der Waals surface area (Å²) in [7, 11) is 0. The highest BCUT2D eigenvalue weighted by atomic mass is 35.5. The minimum atomic E-state index is -0.635. The molecule has 1 aromatic carbocycles. The third-order valence-electron chi connectivity index (χ3n) is 3.13. The van der Waals surface area contributed by atoms with Crippen LogP contribution in [0.5, 0.6) is 0 Å². The van der Waals surface area contributed by atoms with E-state index in [0.29, 0.717) is 17.5 Å². The molecule has 1 fully saturated rings. The molecule has 0 heterocycles. The molecule has 2 nitrogen and oxygen atoms in total. The van der Waals surface area contributed by atoms with Crippen molar-refractivity contribution in [3.05, 3.63) is 34.6 Å². The first-order chi connectivity index (χ1) is 8.16. The molecule has 17 heavy (non-hydrogen) atoms. The summed E-state index contributed by atoms with van der Waals surface area (Å²) in [6.07, 6.45) is 4.56. The topological polar surface area (TPSA) is 26.3 Å². The van der Waals surface area contributed by atoms with Gasteiger partial charge in [0.25, 0.3) is 0 Å². The second-order valence-corrected chi connectivity index (χ2v) is 4.78. The summed E-state index contributed by atoms with van der Waals surface area (Å²) in [5.74, 6) is -0.556. The van der Waals surface area contributed by atoms with Gasteiger partial charge >= 0.3 is 5.97 Å². The van der Waals surface area contributed by atoms with E-state index in [1.54, 1.807) is 0 Å². The lowest BCUT2D eigenvalue weighted by Gasteiger charge is -2.24. The fraction of sp³-hybridized carbons (Fsp3) is 0.462. The molecule has 2 rings (SSSR count). The fourth-order valence-corrected chi connectivity index (χ4v) is 2.00. The Morgan fingerprint density at radius 3 is 2.88 bits per heavy atom. The summed E-state index contributed by atoms with van der Waals surface area (Å²) in [5.41, 5.74) is -0.0916. The zero-order chi connectivity index (χ0) is 12.3. The quantitative estimate of drug-likeness (QED) is 0.766. The molecule has 0 bridgehead atoms. The van der Waals surface area contributed by atoms with E-state index in [1.165, 1.54) is 37.5 Å². The van der Waals surface area contributed by atoms with Crippen LogP contribution in [0.2, 0.25) is 5.02 Å². The van der Waals surface area contributed by atoms with E-state index in [4.69, 9.17) is 16.3 Å². The molecule has 0 radical (unpaired) electrons. The molecule has 1 aliphatic rings. The maximum Gasteiger partial charge on any atom is 0.341 e. The van der Waals surface area contributed by atoms with Gasteiger partial charge in [-0.15, -0.1) is 0 Å². The van der Waals surface area contributed by atoms with E-state index in [9.17, 15) is 9.18 Å². The van der Waals surface area contributed by atoms with Gasteiger partial charge in [0.2, 0.25) is 0 Å². The lowest BCUT2D eigenvalue weighted by Crippen LogP contribution is -2.16. The monoisotopic (exact) mass is 256 g/mol. The molecule has 0 spiro atoms. The Morgan fingerprint density at radius 1 is 1.47 bits per heavy atom. The van der Waals surface area contributed by atoms with Crippen molar-refractivity contribution in [1.29, 1.82) is 0 Å². The van der Waals surface area contributed by atoms with E-state index in [0.717, 1.165) is 6.42 Å². The smallest absolute Gasteiger partial charge is 0.341 e. The van der Waals surface area contributed by atoms with Crippen LogP contribution in [0.1, 0.15) is 36.0 Å². The summed E-state index contributed by atoms with van der Waals surface area (Å²) >= 11 is 5.70. The molecular weight excluding hydrogens is 243 g/mol. The first-order valence-electron chi connectivity index (χ1n) is 5.79. The standard InChI is InChI=1S/C13H14ClFO2/c14-10-4-5-12(15)11(8-10)13(16)17-7-6-9-2-1-3-9/h4-5,8-9H,1-3,6-7H2. The molecule has 92 valence electrons. The van der Waals surface area contributed by atoms with Crippen LogP contribution in [0.4, 0.5) is 4.39 Å². The van der Waals surface area contributed by atoms with Crippen LogP contribution in [-0.4, -0.2) is 12.6 Å². The molecular formula is C13H14ClFO2. The number of ether oxygens (including phenoxy) is 1. The third kappa shape index (κ3) is 3.19. The van der Waals surface area contributed by atoms with Crippen molar-refractivity contribution >= 4 is 17.6 Å². The summed E-state index contributed by atoms with van der Waals surface area (Å²) in [4.78, 5) is 11.6. The highest BCUT2D eigenvalue weighted by Gasteiger charge is 2.19. The number of benzene rings is 1. The van der Waals surface area contributed by atoms with Crippen molar-refractivity contribution in [2.45, 2.75) is 25.7 Å². The highest BCUT2D eigenvalue weighted by molar-refractivity contribution is 6.30. The molecule has 1 saturated carbocycles. The van der Waals surface area contributed by atoms with Gasteiger partial charge in [-0.1, -0.05) is 30.9 Å². The van der Waals surface area contributed by atoms with E-state index in [1.807, 2.05) is 0 Å². The lowest BCUT2D eigenvalue weighted by atomic mass is 9.83. The molecule has 0 unspecified atom stereocenters. The molecule has 4 heteroatoms. The maximum absolute atomic E-state index is 13.3. The SMILES string of the molecule is O=C(OCCC1CCC1)c1cc(Cl)ccc1F. The molecule has 0 aliphatic heterocycles. The van der Waals surface area contributed by atoms with Crippen molar-refractivity contribution in [2.75, 3.05) is 6.61 Å². The molecule has 0 atom stereocenters. The van der Waals surface area contributed by atoms with Crippen molar-refractivity contribution in [3.63, 3.8) is 0 Å². The first kappa shape index (κ1) is 12.4. The van der Waals surface area contributed by atoms with Crippen LogP contribution in [0.15, 0.2) is 18.2 Å². The average molecular weight is 257 g/mol. The maximum atomic E-state index is 13.3. The normalized spacial score (nSPS) is 15.4. The number of carbonyl (C=O) groups is 1. The van der Waals surface area contributed by atoms with Gasteiger partial charge in [-0.2, -0.15) is 0 Å². The van der Waals surface area contributed by atoms with E-state index in [-0.39, 0.29) is 5.56 Å². The van der Waals surface area contributed by atoms with Crippen LogP contribution in [0.3, 0.4) is 0 Å². The van der Waals surface area contributed by atoms with Gasteiger partial charge < -0.3 is 4.74 Å². The van der Waals surface area contributed by atoms with Gasteiger partial charge in [0.15, 0.2) is 0 Å². The van der Waals surface area contributed by atoms with Gasteiger partial charge in [0.05, 0.1) is 12.2 Å². The molecule has 1 aliphatic carbocycles. The van der Waals surface area contributed by atoms with Crippen molar-refractivity contribution < 1.29 is 13.9 Å². The van der Waals surface area contributed by atoms with Gasteiger partial charge in [-0.25, -0.2) is 9.18 Å². The minimum Gasteiger partial charge on any atom is -0.462 e. The van der Waals surface area contributed by atoms with E-state index < -0.39 is 11.8 Å². The number of halogens is 2. The summed E-state index contributed by atoms with van der Waals surface area (Å²) in [5, 5.41) is 0.331. The van der Waals surface area contributed by atoms with E-state index in [2.05, 4.69) is 0 Å². The Morgan fingerprint density at radius 2 is 2.24 bits per heavy atom. The second kappa shape index (κ2) is 5.50. The molecule has 0 N–H and O–H groups in total. The molecule has 0 aromatic heterocycles. The number of hydrogen-bond acceptors (Lipinski definition) is 2. The van der Waals surface area contributed by atoms with Crippen LogP contribution < -0.4 is 0 Å². The van der Waals surface area contributed by atoms with Gasteiger partial charge in [0, 0.05) is 5.02 Å². The van der Waals surface area contributed by atoms with Gasteiger partial charge in [-0.3, -0.25) is 0 Å². The Bertz CT molecular complexity index is 416.